The average Bonchev–Trinajstić information content (AvgIpc) is 2.93. The topological polar surface area (TPSA) is 253 Å². The van der Waals surface area contributed by atoms with Crippen LogP contribution in [-0.2, 0) is 58.5 Å². The third-order valence-electron chi connectivity index (χ3n) is 5.28. The van der Waals surface area contributed by atoms with Crippen molar-refractivity contribution in [2.75, 3.05) is 23.0 Å². The van der Waals surface area contributed by atoms with Crippen molar-refractivity contribution in [2.45, 2.75) is 44.4 Å². The summed E-state index contributed by atoms with van der Waals surface area (Å²) in [4.78, 5) is 49.9. The summed E-state index contributed by atoms with van der Waals surface area (Å²) in [5.41, 5.74) is 0. The normalized spacial score (nSPS) is 12.1. The van der Waals surface area contributed by atoms with Crippen LogP contribution >= 0.6 is 0 Å². The number of hydrogen-bond donors (Lipinski definition) is 4. The number of carbonyl (C=O) groups excluding carboxylic acids is 4. The van der Waals surface area contributed by atoms with Crippen molar-refractivity contribution in [1.82, 2.24) is 21.3 Å². The van der Waals surface area contributed by atoms with Gasteiger partial charge in [-0.05, 0) is 0 Å². The Morgan fingerprint density at radius 3 is 0.791 bits per heavy atom. The zero-order valence-electron chi connectivity index (χ0n) is 23.2. The number of rotatable bonds is 22. The van der Waals surface area contributed by atoms with Gasteiger partial charge >= 0.3 is 0 Å². The van der Waals surface area contributed by atoms with Crippen LogP contribution in [0.5, 0.6) is 0 Å². The quantitative estimate of drug-likeness (QED) is 0.0928. The van der Waals surface area contributed by atoms with Crippen LogP contribution < -0.4 is 21.3 Å². The van der Waals surface area contributed by atoms with Crippen LogP contribution in [0.3, 0.4) is 0 Å². The Balaban J connectivity index is 6.02. The fourth-order valence-corrected chi connectivity index (χ4v) is 5.43. The van der Waals surface area contributed by atoms with Crippen LogP contribution in [0, 0.1) is 0 Å². The van der Waals surface area contributed by atoms with Gasteiger partial charge in [0.25, 0.3) is 0 Å². The smallest absolute Gasteiger partial charge is 0.222 e. The number of nitrogens with one attached hydrogen (secondary N) is 4. The van der Waals surface area contributed by atoms with Crippen molar-refractivity contribution in [3.8, 4) is 0 Å². The molecule has 0 aliphatic heterocycles. The minimum Gasteiger partial charge on any atom is -0.336 e. The van der Waals surface area contributed by atoms with Crippen molar-refractivity contribution in [3.05, 3.63) is 47.9 Å². The second kappa shape index (κ2) is 17.7. The standard InChI is InChI=1S/C23H36N4O12S4/c1-5-40(32,33)13-9-20(28)24-18(25-21(29)10-14-41(34,35)6-2)17-19(26-22(30)11-15-42(36,37)7-3)27-23(31)12-16-43(38,39)8-4/h5-8,18-19H,1-4,9-17H2,(H,24,28)(H,25,29)(H,26,30)(H,27,31). The van der Waals surface area contributed by atoms with Gasteiger partial charge in [-0.3, -0.25) is 19.2 Å². The molecule has 43 heavy (non-hydrogen) atoms. The van der Waals surface area contributed by atoms with Crippen LogP contribution in [-0.4, -0.2) is 92.6 Å². The SMILES string of the molecule is C=CS(=O)(=O)CCC(=O)NC(CC(NC(=O)CCS(=O)(=O)C=C)NC(=O)CCS(=O)(=O)C=C)NC(=O)CCS(=O)(=O)C=C. The Bertz CT molecular complexity index is 1290. The summed E-state index contributed by atoms with van der Waals surface area (Å²) in [7, 11) is -15.1. The van der Waals surface area contributed by atoms with Gasteiger partial charge in [-0.1, -0.05) is 26.3 Å². The fraction of sp³-hybridized carbons (Fsp3) is 0.478. The van der Waals surface area contributed by atoms with E-state index in [1.165, 1.54) is 0 Å². The Morgan fingerprint density at radius 1 is 0.442 bits per heavy atom. The summed E-state index contributed by atoms with van der Waals surface area (Å²) in [5, 5.41) is 11.8. The summed E-state index contributed by atoms with van der Waals surface area (Å²) in [5.74, 6) is -6.19. The molecule has 0 unspecified atom stereocenters. The highest BCUT2D eigenvalue weighted by Crippen LogP contribution is 2.03. The van der Waals surface area contributed by atoms with E-state index in [0.717, 1.165) is 0 Å². The lowest BCUT2D eigenvalue weighted by Gasteiger charge is -2.27. The maximum Gasteiger partial charge on any atom is 0.222 e. The van der Waals surface area contributed by atoms with E-state index in [1.54, 1.807) is 0 Å². The summed E-state index contributed by atoms with van der Waals surface area (Å²) in [6.45, 7) is 12.5. The minimum atomic E-state index is -3.78. The van der Waals surface area contributed by atoms with Gasteiger partial charge in [-0.2, -0.15) is 0 Å². The van der Waals surface area contributed by atoms with Gasteiger partial charge in [0.2, 0.25) is 23.6 Å². The second-order valence-electron chi connectivity index (χ2n) is 8.75. The van der Waals surface area contributed by atoms with Gasteiger partial charge in [0.1, 0.15) is 12.3 Å². The molecule has 0 atom stereocenters. The molecule has 0 bridgehead atoms. The minimum absolute atomic E-state index is 0.528. The molecule has 0 radical (unpaired) electrons. The zero-order valence-corrected chi connectivity index (χ0v) is 26.5. The Morgan fingerprint density at radius 2 is 0.628 bits per heavy atom. The Hall–Kier alpha value is -3.36. The van der Waals surface area contributed by atoms with Crippen molar-refractivity contribution >= 4 is 63.0 Å². The lowest BCUT2D eigenvalue weighted by molar-refractivity contribution is -0.124. The molecule has 0 fully saturated rings. The van der Waals surface area contributed by atoms with Gasteiger partial charge in [0, 0.05) is 53.7 Å². The lowest BCUT2D eigenvalue weighted by Crippen LogP contribution is -2.56. The molecule has 0 aliphatic rings. The highest BCUT2D eigenvalue weighted by atomic mass is 32.2. The molecule has 4 N–H and O–H groups in total. The highest BCUT2D eigenvalue weighted by Gasteiger charge is 2.25. The molecule has 0 aromatic carbocycles. The first kappa shape index (κ1) is 39.6. The molecule has 0 aromatic heterocycles. The van der Waals surface area contributed by atoms with Crippen molar-refractivity contribution in [3.63, 3.8) is 0 Å². The summed E-state index contributed by atoms with van der Waals surface area (Å²) >= 11 is 0. The molecule has 0 spiro atoms. The first-order valence-electron chi connectivity index (χ1n) is 12.3. The molecule has 0 aromatic rings. The van der Waals surface area contributed by atoms with E-state index >= 15 is 0 Å². The van der Waals surface area contributed by atoms with E-state index < -0.39 is 130 Å². The predicted octanol–water partition coefficient (Wildman–Crippen LogP) is -1.71. The largest absolute Gasteiger partial charge is 0.336 e. The number of hydrogen-bond acceptors (Lipinski definition) is 12. The van der Waals surface area contributed by atoms with Crippen LogP contribution in [0.4, 0.5) is 0 Å². The molecule has 16 nitrogen and oxygen atoms in total. The summed E-state index contributed by atoms with van der Waals surface area (Å²) in [6, 6.07) is 0. The molecule has 4 amide bonds. The maximum absolute atomic E-state index is 12.5. The van der Waals surface area contributed by atoms with E-state index in [-0.39, 0.29) is 0 Å². The molecule has 20 heteroatoms. The highest BCUT2D eigenvalue weighted by molar-refractivity contribution is 7.95. The van der Waals surface area contributed by atoms with Gasteiger partial charge < -0.3 is 21.3 Å². The average molecular weight is 689 g/mol. The van der Waals surface area contributed by atoms with Crippen LogP contribution in [0.1, 0.15) is 32.1 Å². The molecule has 244 valence electrons. The first-order valence-corrected chi connectivity index (χ1v) is 19.1. The van der Waals surface area contributed by atoms with Crippen LogP contribution in [0.2, 0.25) is 0 Å². The monoisotopic (exact) mass is 688 g/mol. The fourth-order valence-electron chi connectivity index (χ4n) is 2.88. The predicted molar refractivity (Wildman–Crippen MR) is 159 cm³/mol. The number of sulfone groups is 4. The van der Waals surface area contributed by atoms with Crippen molar-refractivity contribution in [2.24, 2.45) is 0 Å². The van der Waals surface area contributed by atoms with Gasteiger partial charge in [0.15, 0.2) is 39.3 Å². The maximum atomic E-state index is 12.5. The third-order valence-corrected chi connectivity index (χ3v) is 10.4. The molecule has 0 heterocycles. The third kappa shape index (κ3) is 18.7. The molecule has 0 saturated carbocycles. The number of carbonyl (C=O) groups is 4. The van der Waals surface area contributed by atoms with E-state index in [4.69, 9.17) is 0 Å². The molecular weight excluding hydrogens is 653 g/mol. The van der Waals surface area contributed by atoms with Crippen LogP contribution in [0.25, 0.3) is 0 Å². The molecular formula is C23H36N4O12S4. The Labute approximate surface area is 251 Å². The van der Waals surface area contributed by atoms with Crippen molar-refractivity contribution < 1.29 is 52.8 Å². The van der Waals surface area contributed by atoms with E-state index in [0.29, 0.717) is 21.6 Å². The van der Waals surface area contributed by atoms with E-state index in [9.17, 15) is 52.8 Å². The van der Waals surface area contributed by atoms with E-state index in [2.05, 4.69) is 47.6 Å². The summed E-state index contributed by atoms with van der Waals surface area (Å²) < 4.78 is 93.4. The molecule has 0 rings (SSSR count). The zero-order chi connectivity index (χ0) is 33.5. The molecule has 0 saturated heterocycles. The number of amides is 4. The van der Waals surface area contributed by atoms with E-state index in [1.807, 2.05) is 0 Å². The first-order chi connectivity index (χ1) is 19.7. The van der Waals surface area contributed by atoms with Gasteiger partial charge in [-0.25, -0.2) is 33.7 Å². The molecule has 0 aliphatic carbocycles. The van der Waals surface area contributed by atoms with Crippen LogP contribution in [0.15, 0.2) is 47.9 Å². The lowest BCUT2D eigenvalue weighted by atomic mass is 10.2. The van der Waals surface area contributed by atoms with Crippen molar-refractivity contribution in [1.29, 1.82) is 0 Å². The van der Waals surface area contributed by atoms with Gasteiger partial charge in [-0.15, -0.1) is 0 Å². The Kier molecular flexibility index (Phi) is 16.3. The van der Waals surface area contributed by atoms with Gasteiger partial charge in [0.05, 0.1) is 23.0 Å². The summed E-state index contributed by atoms with van der Waals surface area (Å²) in [6.07, 6.45) is -5.78. The second-order valence-corrected chi connectivity index (χ2v) is 17.0.